The minimum Gasteiger partial charge on any atom is -0.393 e. The molecule has 0 radical (unpaired) electrons. The Balaban J connectivity index is 2.02. The second-order valence-corrected chi connectivity index (χ2v) is 5.56. The zero-order valence-electron chi connectivity index (χ0n) is 10.7. The molecule has 18 heavy (non-hydrogen) atoms. The molecule has 1 amide bonds. The summed E-state index contributed by atoms with van der Waals surface area (Å²) in [5.41, 5.74) is 6.28. The van der Waals surface area contributed by atoms with E-state index in [2.05, 4.69) is 12.0 Å². The van der Waals surface area contributed by atoms with E-state index in [1.54, 1.807) is 24.1 Å². The van der Waals surface area contributed by atoms with Gasteiger partial charge in [-0.3, -0.25) is 9.48 Å². The van der Waals surface area contributed by atoms with E-state index in [9.17, 15) is 4.79 Å². The lowest BCUT2D eigenvalue weighted by molar-refractivity contribution is 0.0670. The summed E-state index contributed by atoms with van der Waals surface area (Å²) in [5, 5.41) is 4.02. The van der Waals surface area contributed by atoms with Gasteiger partial charge < -0.3 is 10.6 Å². The molecule has 1 fully saturated rings. The third kappa shape index (κ3) is 2.38. The first-order chi connectivity index (χ1) is 8.42. The summed E-state index contributed by atoms with van der Waals surface area (Å²) in [6.07, 6.45) is 5.00. The number of amides is 1. The maximum atomic E-state index is 12.2. The molecule has 0 aromatic carbocycles. The van der Waals surface area contributed by atoms with E-state index in [0.29, 0.717) is 23.6 Å². The van der Waals surface area contributed by atoms with Crippen LogP contribution < -0.4 is 5.73 Å². The van der Waals surface area contributed by atoms with Crippen molar-refractivity contribution in [1.82, 2.24) is 14.7 Å². The smallest absolute Gasteiger partial charge is 0.257 e. The number of thiocarbonyl (C=S) groups is 1. The highest BCUT2D eigenvalue weighted by Crippen LogP contribution is 2.31. The lowest BCUT2D eigenvalue weighted by Gasteiger charge is -2.38. The monoisotopic (exact) mass is 266 g/mol. The molecule has 0 unspecified atom stereocenters. The minimum absolute atomic E-state index is 0.0353. The molecule has 6 heteroatoms. The van der Waals surface area contributed by atoms with E-state index in [-0.39, 0.29) is 11.3 Å². The number of aromatic nitrogens is 2. The van der Waals surface area contributed by atoms with Gasteiger partial charge in [0.25, 0.3) is 5.91 Å². The molecule has 0 bridgehead atoms. The van der Waals surface area contributed by atoms with Gasteiger partial charge in [-0.2, -0.15) is 5.10 Å². The predicted octanol–water partition coefficient (Wildman–Crippen LogP) is 0.949. The van der Waals surface area contributed by atoms with E-state index in [0.717, 1.165) is 12.8 Å². The highest BCUT2D eigenvalue weighted by molar-refractivity contribution is 7.80. The van der Waals surface area contributed by atoms with Gasteiger partial charge in [0.2, 0.25) is 0 Å². The summed E-state index contributed by atoms with van der Waals surface area (Å²) in [6, 6.07) is 0. The summed E-state index contributed by atoms with van der Waals surface area (Å²) < 4.78 is 1.64. The van der Waals surface area contributed by atoms with Crippen molar-refractivity contribution >= 4 is 23.1 Å². The van der Waals surface area contributed by atoms with E-state index in [1.807, 2.05) is 4.90 Å². The number of carbonyl (C=O) groups is 1. The van der Waals surface area contributed by atoms with Crippen molar-refractivity contribution in [3.63, 3.8) is 0 Å². The van der Waals surface area contributed by atoms with Crippen LogP contribution in [-0.4, -0.2) is 38.7 Å². The molecule has 2 heterocycles. The Morgan fingerprint density at radius 1 is 1.50 bits per heavy atom. The summed E-state index contributed by atoms with van der Waals surface area (Å²) in [5.74, 6) is 0.0353. The summed E-state index contributed by atoms with van der Waals surface area (Å²) >= 11 is 5.09. The second-order valence-electron chi connectivity index (χ2n) is 5.12. The molecule has 98 valence electrons. The Morgan fingerprint density at radius 3 is 2.56 bits per heavy atom. The van der Waals surface area contributed by atoms with Crippen molar-refractivity contribution in [2.75, 3.05) is 13.1 Å². The lowest BCUT2D eigenvalue weighted by Crippen LogP contribution is -2.46. The van der Waals surface area contributed by atoms with Crippen LogP contribution >= 0.6 is 12.2 Å². The molecular formula is C12H18N4OS. The highest BCUT2D eigenvalue weighted by atomic mass is 32.1. The number of carbonyl (C=O) groups excluding carboxylic acids is 1. The Bertz CT molecular complexity index is 474. The molecule has 0 atom stereocenters. The quantitative estimate of drug-likeness (QED) is 0.809. The van der Waals surface area contributed by atoms with Gasteiger partial charge in [-0.05, 0) is 12.8 Å². The van der Waals surface area contributed by atoms with Crippen molar-refractivity contribution < 1.29 is 4.79 Å². The first-order valence-electron chi connectivity index (χ1n) is 6.00. The number of hydrogen-bond donors (Lipinski definition) is 1. The number of likely N-dealkylation sites (tertiary alicyclic amines) is 1. The molecule has 0 aliphatic carbocycles. The molecular weight excluding hydrogens is 248 g/mol. The molecule has 1 aromatic heterocycles. The second kappa shape index (κ2) is 4.68. The molecule has 5 nitrogen and oxygen atoms in total. The van der Waals surface area contributed by atoms with Crippen molar-refractivity contribution in [3.8, 4) is 0 Å². The fraction of sp³-hybridized carbons (Fsp3) is 0.583. The highest BCUT2D eigenvalue weighted by Gasteiger charge is 2.34. The van der Waals surface area contributed by atoms with Crippen molar-refractivity contribution in [3.05, 3.63) is 18.0 Å². The number of piperidine rings is 1. The van der Waals surface area contributed by atoms with Gasteiger partial charge in [0.05, 0.1) is 16.7 Å². The first kappa shape index (κ1) is 13.0. The van der Waals surface area contributed by atoms with E-state index in [4.69, 9.17) is 18.0 Å². The number of rotatable bonds is 2. The Labute approximate surface area is 112 Å². The fourth-order valence-corrected chi connectivity index (χ4v) is 2.37. The molecule has 2 rings (SSSR count). The van der Waals surface area contributed by atoms with E-state index in [1.165, 1.54) is 0 Å². The molecule has 0 saturated carbocycles. The van der Waals surface area contributed by atoms with E-state index >= 15 is 0 Å². The van der Waals surface area contributed by atoms with Crippen molar-refractivity contribution in [2.24, 2.45) is 18.2 Å². The van der Waals surface area contributed by atoms with Crippen molar-refractivity contribution in [1.29, 1.82) is 0 Å². The molecule has 1 aromatic rings. The maximum Gasteiger partial charge on any atom is 0.257 e. The topological polar surface area (TPSA) is 64.2 Å². The molecule has 1 aliphatic rings. The number of nitrogens with zero attached hydrogens (tertiary/aromatic N) is 3. The molecule has 2 N–H and O–H groups in total. The van der Waals surface area contributed by atoms with E-state index < -0.39 is 0 Å². The van der Waals surface area contributed by atoms with Gasteiger partial charge in [0.1, 0.15) is 0 Å². The average Bonchev–Trinajstić information content (AvgIpc) is 2.76. The first-order valence-corrected chi connectivity index (χ1v) is 6.41. The van der Waals surface area contributed by atoms with Crippen LogP contribution in [0.4, 0.5) is 0 Å². The Morgan fingerprint density at radius 2 is 2.11 bits per heavy atom. The summed E-state index contributed by atoms with van der Waals surface area (Å²) in [4.78, 5) is 14.6. The van der Waals surface area contributed by atoms with Gasteiger partial charge in [0.15, 0.2) is 0 Å². The van der Waals surface area contributed by atoms with Gasteiger partial charge >= 0.3 is 0 Å². The average molecular weight is 266 g/mol. The number of hydrogen-bond acceptors (Lipinski definition) is 3. The molecule has 1 saturated heterocycles. The third-order valence-electron chi connectivity index (χ3n) is 3.70. The fourth-order valence-electron chi connectivity index (χ4n) is 2.16. The van der Waals surface area contributed by atoms with Gasteiger partial charge in [0, 0.05) is 31.7 Å². The minimum atomic E-state index is -0.110. The summed E-state index contributed by atoms with van der Waals surface area (Å²) in [6.45, 7) is 3.46. The van der Waals surface area contributed by atoms with Crippen LogP contribution in [0, 0.1) is 5.41 Å². The zero-order valence-corrected chi connectivity index (χ0v) is 11.5. The lowest BCUT2D eigenvalue weighted by atomic mass is 9.80. The van der Waals surface area contributed by atoms with Crippen LogP contribution in [0.15, 0.2) is 12.4 Å². The van der Waals surface area contributed by atoms with Crippen LogP contribution in [0.5, 0.6) is 0 Å². The van der Waals surface area contributed by atoms with Gasteiger partial charge in [-0.1, -0.05) is 19.1 Å². The molecule has 1 aliphatic heterocycles. The number of nitrogens with two attached hydrogens (primary N) is 1. The van der Waals surface area contributed by atoms with Gasteiger partial charge in [-0.15, -0.1) is 0 Å². The number of aryl methyl sites for hydroxylation is 1. The molecule has 0 spiro atoms. The summed E-state index contributed by atoms with van der Waals surface area (Å²) in [7, 11) is 1.80. The van der Waals surface area contributed by atoms with Crippen LogP contribution in [0.25, 0.3) is 0 Å². The van der Waals surface area contributed by atoms with Crippen LogP contribution in [0.3, 0.4) is 0 Å². The van der Waals surface area contributed by atoms with Gasteiger partial charge in [-0.25, -0.2) is 0 Å². The standard InChI is InChI=1S/C12H18N4OS/c1-12(11(13)18)3-5-16(6-4-12)10(17)9-7-14-15(2)8-9/h7-8H,3-6H2,1-2H3,(H2,13,18). The van der Waals surface area contributed by atoms with Crippen LogP contribution in [0.2, 0.25) is 0 Å². The normalized spacial score (nSPS) is 18.7. The predicted molar refractivity (Wildman–Crippen MR) is 73.2 cm³/mol. The Hall–Kier alpha value is -1.43. The maximum absolute atomic E-state index is 12.2. The SMILES string of the molecule is Cn1cc(C(=O)N2CCC(C)(C(N)=S)CC2)cn1. The van der Waals surface area contributed by atoms with Crippen LogP contribution in [0.1, 0.15) is 30.1 Å². The van der Waals surface area contributed by atoms with Crippen LogP contribution in [-0.2, 0) is 7.05 Å². The zero-order chi connectivity index (χ0) is 13.3. The van der Waals surface area contributed by atoms with Crippen molar-refractivity contribution in [2.45, 2.75) is 19.8 Å². The third-order valence-corrected chi connectivity index (χ3v) is 4.19. The Kier molecular flexibility index (Phi) is 3.38. The largest absolute Gasteiger partial charge is 0.393 e.